The van der Waals surface area contributed by atoms with Crippen molar-refractivity contribution in [3.63, 3.8) is 0 Å². The molecule has 0 heterocycles. The molecule has 0 spiro atoms. The maximum atomic E-state index is 10.4. The molecule has 1 atom stereocenters. The minimum Gasteiger partial charge on any atom is -0.503 e. The summed E-state index contributed by atoms with van der Waals surface area (Å²) in [4.78, 5) is 10.4. The van der Waals surface area contributed by atoms with Gasteiger partial charge in [0.05, 0.1) is 24.7 Å². The van der Waals surface area contributed by atoms with Crippen LogP contribution in [0.15, 0.2) is 12.1 Å². The molecule has 0 saturated heterocycles. The Bertz CT molecular complexity index is 404. The van der Waals surface area contributed by atoms with Gasteiger partial charge in [0.25, 0.3) is 0 Å². The van der Waals surface area contributed by atoms with E-state index in [4.69, 9.17) is 21.4 Å². The number of halogens is 1. The maximum Gasteiger partial charge on any atom is 0.306 e. The quantitative estimate of drug-likeness (QED) is 0.751. The molecule has 0 bridgehead atoms. The average Bonchev–Trinajstić information content (AvgIpc) is 2.20. The number of hydrogen-bond acceptors (Lipinski definition) is 4. The van der Waals surface area contributed by atoms with E-state index >= 15 is 0 Å². The van der Waals surface area contributed by atoms with Crippen LogP contribution in [0.4, 0.5) is 0 Å². The van der Waals surface area contributed by atoms with Crippen molar-refractivity contribution in [1.82, 2.24) is 0 Å². The predicted octanol–water partition coefficient (Wildman–Crippen LogP) is 1.56. The first-order valence-corrected chi connectivity index (χ1v) is 4.80. The van der Waals surface area contributed by atoms with Crippen LogP contribution in [0.2, 0.25) is 5.02 Å². The molecule has 3 N–H and O–H groups in total. The van der Waals surface area contributed by atoms with Gasteiger partial charge in [-0.3, -0.25) is 4.79 Å². The Morgan fingerprint density at radius 1 is 1.56 bits per heavy atom. The van der Waals surface area contributed by atoms with Crippen LogP contribution in [-0.2, 0) is 4.79 Å². The van der Waals surface area contributed by atoms with Crippen molar-refractivity contribution in [1.29, 1.82) is 0 Å². The van der Waals surface area contributed by atoms with E-state index in [2.05, 4.69) is 0 Å². The highest BCUT2D eigenvalue weighted by atomic mass is 35.5. The van der Waals surface area contributed by atoms with Gasteiger partial charge in [0.2, 0.25) is 0 Å². The van der Waals surface area contributed by atoms with Crippen molar-refractivity contribution in [2.24, 2.45) is 0 Å². The minimum atomic E-state index is -1.26. The summed E-state index contributed by atoms with van der Waals surface area (Å²) in [6.45, 7) is 0. The number of phenols is 1. The molecule has 1 rings (SSSR count). The lowest BCUT2D eigenvalue weighted by molar-refractivity contribution is -0.139. The third-order valence-electron chi connectivity index (χ3n) is 2.06. The van der Waals surface area contributed by atoms with Crippen LogP contribution in [0.25, 0.3) is 0 Å². The summed E-state index contributed by atoms with van der Waals surface area (Å²) in [5, 5.41) is 27.5. The summed E-state index contributed by atoms with van der Waals surface area (Å²) in [7, 11) is 1.36. The molecular formula is C10H11ClO5. The van der Waals surface area contributed by atoms with Crippen molar-refractivity contribution < 1.29 is 24.9 Å². The number of carboxylic acid groups (broad SMARTS) is 1. The van der Waals surface area contributed by atoms with Gasteiger partial charge in [0.15, 0.2) is 11.5 Å². The summed E-state index contributed by atoms with van der Waals surface area (Å²) in [6.07, 6.45) is -1.74. The SMILES string of the molecule is COc1ccc(C(O)CC(=O)O)c(Cl)c1O. The molecule has 0 fully saturated rings. The first-order chi connectivity index (χ1) is 7.47. The van der Waals surface area contributed by atoms with Gasteiger partial charge in [0.1, 0.15) is 0 Å². The smallest absolute Gasteiger partial charge is 0.306 e. The Labute approximate surface area is 96.9 Å². The normalized spacial score (nSPS) is 12.2. The lowest BCUT2D eigenvalue weighted by atomic mass is 10.1. The molecule has 1 aromatic carbocycles. The molecule has 0 aliphatic carbocycles. The van der Waals surface area contributed by atoms with Crippen LogP contribution in [0.5, 0.6) is 11.5 Å². The number of hydrogen-bond donors (Lipinski definition) is 3. The van der Waals surface area contributed by atoms with Crippen LogP contribution >= 0.6 is 11.6 Å². The topological polar surface area (TPSA) is 87.0 Å². The molecule has 0 aliphatic rings. The number of carboxylic acids is 1. The van der Waals surface area contributed by atoms with Crippen LogP contribution in [-0.4, -0.2) is 28.4 Å². The van der Waals surface area contributed by atoms with E-state index in [9.17, 15) is 15.0 Å². The zero-order chi connectivity index (χ0) is 12.3. The van der Waals surface area contributed by atoms with E-state index < -0.39 is 18.5 Å². The lowest BCUT2D eigenvalue weighted by Crippen LogP contribution is -2.06. The number of carbonyl (C=O) groups is 1. The van der Waals surface area contributed by atoms with Gasteiger partial charge in [0, 0.05) is 5.56 Å². The standard InChI is InChI=1S/C10H11ClO5/c1-16-7-3-2-5(9(11)10(7)15)6(12)4-8(13)14/h2-3,6,12,15H,4H2,1H3,(H,13,14). The molecule has 0 aliphatic heterocycles. The summed E-state index contributed by atoms with van der Waals surface area (Å²) >= 11 is 5.77. The summed E-state index contributed by atoms with van der Waals surface area (Å²) in [6, 6.07) is 2.82. The Hall–Kier alpha value is -1.46. The Morgan fingerprint density at radius 3 is 2.69 bits per heavy atom. The number of methoxy groups -OCH3 is 1. The summed E-state index contributed by atoms with van der Waals surface area (Å²) < 4.78 is 4.81. The second-order valence-corrected chi connectivity index (χ2v) is 3.51. The second-order valence-electron chi connectivity index (χ2n) is 3.13. The first-order valence-electron chi connectivity index (χ1n) is 4.42. The lowest BCUT2D eigenvalue weighted by Gasteiger charge is -2.13. The number of aliphatic hydroxyl groups excluding tert-OH is 1. The fourth-order valence-corrected chi connectivity index (χ4v) is 1.54. The molecule has 5 nitrogen and oxygen atoms in total. The van der Waals surface area contributed by atoms with E-state index in [1.54, 1.807) is 0 Å². The third-order valence-corrected chi connectivity index (χ3v) is 2.45. The number of rotatable bonds is 4. The number of phenolic OH excluding ortho intramolecular Hbond substituents is 1. The number of aliphatic hydroxyl groups is 1. The van der Waals surface area contributed by atoms with E-state index in [1.165, 1.54) is 19.2 Å². The maximum absolute atomic E-state index is 10.4. The Balaban J connectivity index is 3.06. The minimum absolute atomic E-state index is 0.104. The van der Waals surface area contributed by atoms with Gasteiger partial charge < -0.3 is 20.1 Å². The Kier molecular flexibility index (Phi) is 3.98. The van der Waals surface area contributed by atoms with E-state index in [1.807, 2.05) is 0 Å². The summed E-state index contributed by atoms with van der Waals surface area (Å²) in [5.41, 5.74) is 0.155. The van der Waals surface area contributed by atoms with Crippen molar-refractivity contribution in [2.75, 3.05) is 7.11 Å². The largest absolute Gasteiger partial charge is 0.503 e. The van der Waals surface area contributed by atoms with E-state index in [0.29, 0.717) is 0 Å². The van der Waals surface area contributed by atoms with Crippen molar-refractivity contribution in [3.05, 3.63) is 22.7 Å². The van der Waals surface area contributed by atoms with Gasteiger partial charge in [-0.05, 0) is 6.07 Å². The van der Waals surface area contributed by atoms with Crippen molar-refractivity contribution >= 4 is 17.6 Å². The van der Waals surface area contributed by atoms with Gasteiger partial charge >= 0.3 is 5.97 Å². The highest BCUT2D eigenvalue weighted by molar-refractivity contribution is 6.33. The average molecular weight is 247 g/mol. The number of aliphatic carboxylic acids is 1. The molecule has 88 valence electrons. The molecule has 0 aromatic heterocycles. The van der Waals surface area contributed by atoms with Crippen LogP contribution in [0, 0.1) is 0 Å². The van der Waals surface area contributed by atoms with Crippen molar-refractivity contribution in [3.8, 4) is 11.5 Å². The van der Waals surface area contributed by atoms with Crippen LogP contribution in [0.3, 0.4) is 0 Å². The molecule has 0 saturated carbocycles. The molecule has 6 heteroatoms. The highest BCUT2D eigenvalue weighted by Gasteiger charge is 2.19. The fraction of sp³-hybridized carbons (Fsp3) is 0.300. The van der Waals surface area contributed by atoms with Gasteiger partial charge in [-0.1, -0.05) is 17.7 Å². The number of aromatic hydroxyl groups is 1. The zero-order valence-electron chi connectivity index (χ0n) is 8.48. The second kappa shape index (κ2) is 5.05. The molecular weight excluding hydrogens is 236 g/mol. The predicted molar refractivity (Wildman–Crippen MR) is 56.9 cm³/mol. The van der Waals surface area contributed by atoms with Gasteiger partial charge in [-0.15, -0.1) is 0 Å². The highest BCUT2D eigenvalue weighted by Crippen LogP contribution is 2.39. The van der Waals surface area contributed by atoms with Crippen LogP contribution < -0.4 is 4.74 Å². The third kappa shape index (κ3) is 2.56. The zero-order valence-corrected chi connectivity index (χ0v) is 9.23. The van der Waals surface area contributed by atoms with Gasteiger partial charge in [-0.25, -0.2) is 0 Å². The monoisotopic (exact) mass is 246 g/mol. The number of ether oxygens (including phenoxy) is 1. The molecule has 0 radical (unpaired) electrons. The number of benzene rings is 1. The fourth-order valence-electron chi connectivity index (χ4n) is 1.26. The molecule has 1 aromatic rings. The molecule has 0 amide bonds. The van der Waals surface area contributed by atoms with Crippen LogP contribution in [0.1, 0.15) is 18.1 Å². The molecule has 16 heavy (non-hydrogen) atoms. The first kappa shape index (κ1) is 12.6. The van der Waals surface area contributed by atoms with E-state index in [-0.39, 0.29) is 22.1 Å². The van der Waals surface area contributed by atoms with Crippen molar-refractivity contribution in [2.45, 2.75) is 12.5 Å². The Morgan fingerprint density at radius 2 is 2.19 bits per heavy atom. The van der Waals surface area contributed by atoms with E-state index in [0.717, 1.165) is 0 Å². The molecule has 1 unspecified atom stereocenters. The summed E-state index contributed by atoms with van der Waals surface area (Å²) in [5.74, 6) is -1.30. The van der Waals surface area contributed by atoms with Gasteiger partial charge in [-0.2, -0.15) is 0 Å².